The van der Waals surface area contributed by atoms with Crippen LogP contribution in [0.2, 0.25) is 13.1 Å². The third kappa shape index (κ3) is 4.77. The van der Waals surface area contributed by atoms with Crippen LogP contribution < -0.4 is 0 Å². The van der Waals surface area contributed by atoms with E-state index in [-0.39, 0.29) is 0 Å². The van der Waals surface area contributed by atoms with Crippen LogP contribution in [0.1, 0.15) is 52.8 Å². The van der Waals surface area contributed by atoms with E-state index in [0.717, 1.165) is 0 Å². The molecule has 2 aliphatic carbocycles. The molecule has 2 aliphatic rings. The first kappa shape index (κ1) is 28.5. The van der Waals surface area contributed by atoms with Crippen molar-refractivity contribution < 1.29 is 0 Å². The average Bonchev–Trinajstić information content (AvgIpc) is 3.85. The molecule has 4 aromatic carbocycles. The Bertz CT molecular complexity index is 1960. The van der Waals surface area contributed by atoms with E-state index in [1.54, 1.807) is 0 Å². The Kier molecular flexibility index (Phi) is 7.02. The first-order valence-electron chi connectivity index (χ1n) is 15.8. The molecular formula is C42H36S2Si. The number of hydrogen-bond donors (Lipinski definition) is 0. The summed E-state index contributed by atoms with van der Waals surface area (Å²) in [5.41, 5.74) is 14.9. The number of thiophene rings is 2. The SMILES string of the molecule is Cc1ccc(C2=Cc3c(-c4ccccc4)cccc3C2[Si](C)(C)C2C(c3ccc(C)s3)=Cc3c(-c4ccccc4)cccc32)s1. The largest absolute Gasteiger partial charge is 0.141 e. The van der Waals surface area contributed by atoms with Crippen LogP contribution in [0.5, 0.6) is 0 Å². The highest BCUT2D eigenvalue weighted by Gasteiger charge is 2.49. The van der Waals surface area contributed by atoms with Gasteiger partial charge in [0.1, 0.15) is 0 Å². The van der Waals surface area contributed by atoms with Crippen molar-refractivity contribution in [1.29, 1.82) is 0 Å². The molecular weight excluding hydrogens is 597 g/mol. The Labute approximate surface area is 276 Å². The van der Waals surface area contributed by atoms with Crippen LogP contribution in [-0.2, 0) is 0 Å². The minimum absolute atomic E-state index is 0.370. The molecule has 0 saturated carbocycles. The quantitative estimate of drug-likeness (QED) is 0.160. The van der Waals surface area contributed by atoms with Crippen molar-refractivity contribution in [3.63, 3.8) is 0 Å². The summed E-state index contributed by atoms with van der Waals surface area (Å²) in [6, 6.07) is 45.3. The molecule has 0 bridgehead atoms. The van der Waals surface area contributed by atoms with Crippen LogP contribution in [0, 0.1) is 13.8 Å². The van der Waals surface area contributed by atoms with Crippen molar-refractivity contribution in [3.05, 3.63) is 163 Å². The lowest BCUT2D eigenvalue weighted by molar-refractivity contribution is 1.07. The van der Waals surface area contributed by atoms with E-state index in [2.05, 4.69) is 160 Å². The van der Waals surface area contributed by atoms with Crippen LogP contribution in [0.3, 0.4) is 0 Å². The second-order valence-electron chi connectivity index (χ2n) is 13.1. The fourth-order valence-corrected chi connectivity index (χ4v) is 14.5. The van der Waals surface area contributed by atoms with Gasteiger partial charge in [-0.15, -0.1) is 22.7 Å². The second kappa shape index (κ2) is 11.1. The van der Waals surface area contributed by atoms with Crippen LogP contribution >= 0.6 is 22.7 Å². The zero-order chi connectivity index (χ0) is 30.7. The lowest BCUT2D eigenvalue weighted by Gasteiger charge is -2.40. The molecule has 0 saturated heterocycles. The number of hydrogen-bond acceptors (Lipinski definition) is 2. The summed E-state index contributed by atoms with van der Waals surface area (Å²) < 4.78 is 0. The van der Waals surface area contributed by atoms with Gasteiger partial charge in [-0.2, -0.15) is 0 Å². The van der Waals surface area contributed by atoms with E-state index in [1.165, 1.54) is 75.2 Å². The van der Waals surface area contributed by atoms with Crippen molar-refractivity contribution in [1.82, 2.24) is 0 Å². The second-order valence-corrected chi connectivity index (χ2v) is 20.4. The molecule has 2 heterocycles. The van der Waals surface area contributed by atoms with Crippen LogP contribution in [-0.4, -0.2) is 8.07 Å². The molecule has 220 valence electrons. The molecule has 0 fully saturated rings. The van der Waals surface area contributed by atoms with Crippen LogP contribution in [0.25, 0.3) is 45.6 Å². The summed E-state index contributed by atoms with van der Waals surface area (Å²) in [5.74, 6) is 0. The van der Waals surface area contributed by atoms with Crippen molar-refractivity contribution in [2.75, 3.05) is 0 Å². The first-order chi connectivity index (χ1) is 21.9. The molecule has 8 rings (SSSR count). The summed E-state index contributed by atoms with van der Waals surface area (Å²) in [4.78, 5) is 5.58. The normalized spacial score (nSPS) is 17.2. The topological polar surface area (TPSA) is 0 Å². The molecule has 0 amide bonds. The summed E-state index contributed by atoms with van der Waals surface area (Å²) in [7, 11) is -2.18. The minimum Gasteiger partial charge on any atom is -0.141 e. The zero-order valence-corrected chi connectivity index (χ0v) is 28.8. The highest BCUT2D eigenvalue weighted by molar-refractivity contribution is 7.13. The summed E-state index contributed by atoms with van der Waals surface area (Å²) in [6.45, 7) is 9.81. The minimum atomic E-state index is -2.18. The van der Waals surface area contributed by atoms with Crippen LogP contribution in [0.15, 0.2) is 121 Å². The molecule has 0 spiro atoms. The molecule has 2 atom stereocenters. The first-order valence-corrected chi connectivity index (χ1v) is 20.6. The van der Waals surface area contributed by atoms with E-state index >= 15 is 0 Å². The monoisotopic (exact) mass is 632 g/mol. The van der Waals surface area contributed by atoms with Gasteiger partial charge in [0.05, 0.1) is 8.07 Å². The molecule has 2 unspecified atom stereocenters. The van der Waals surface area contributed by atoms with Crippen molar-refractivity contribution >= 4 is 54.0 Å². The molecule has 0 aliphatic heterocycles. The Hall–Kier alpha value is -4.02. The van der Waals surface area contributed by atoms with E-state index in [1.807, 2.05) is 22.7 Å². The van der Waals surface area contributed by atoms with Crippen LogP contribution in [0.4, 0.5) is 0 Å². The number of benzene rings is 4. The lowest BCUT2D eigenvalue weighted by atomic mass is 9.97. The molecule has 0 nitrogen and oxygen atoms in total. The maximum atomic E-state index is 2.67. The molecule has 0 N–H and O–H groups in total. The average molecular weight is 633 g/mol. The highest BCUT2D eigenvalue weighted by Crippen LogP contribution is 2.59. The Morgan fingerprint density at radius 1 is 0.467 bits per heavy atom. The Balaban J connectivity index is 1.35. The van der Waals surface area contributed by atoms with E-state index in [0.29, 0.717) is 11.1 Å². The number of fused-ring (bicyclic) bond motifs is 2. The van der Waals surface area contributed by atoms with Gasteiger partial charge in [-0.05, 0) is 106 Å². The van der Waals surface area contributed by atoms with Gasteiger partial charge in [-0.3, -0.25) is 0 Å². The lowest BCUT2D eigenvalue weighted by Crippen LogP contribution is -2.42. The van der Waals surface area contributed by atoms with Gasteiger partial charge in [0.15, 0.2) is 0 Å². The molecule has 6 aromatic rings. The van der Waals surface area contributed by atoms with E-state index < -0.39 is 8.07 Å². The van der Waals surface area contributed by atoms with E-state index in [9.17, 15) is 0 Å². The Morgan fingerprint density at radius 3 is 1.27 bits per heavy atom. The van der Waals surface area contributed by atoms with Gasteiger partial charge in [-0.1, -0.05) is 110 Å². The van der Waals surface area contributed by atoms with E-state index in [4.69, 9.17) is 0 Å². The zero-order valence-electron chi connectivity index (χ0n) is 26.2. The van der Waals surface area contributed by atoms with Gasteiger partial charge in [0.25, 0.3) is 0 Å². The van der Waals surface area contributed by atoms with Gasteiger partial charge >= 0.3 is 0 Å². The summed E-state index contributed by atoms with van der Waals surface area (Å²) >= 11 is 3.89. The predicted octanol–water partition coefficient (Wildman–Crippen LogP) is 12.5. The molecule has 2 aromatic heterocycles. The summed E-state index contributed by atoms with van der Waals surface area (Å²) in [5, 5.41) is 0. The maximum absolute atomic E-state index is 2.67. The number of rotatable bonds is 6. The maximum Gasteiger partial charge on any atom is 0.0732 e. The summed E-state index contributed by atoms with van der Waals surface area (Å²) in [6.07, 6.45) is 5.11. The van der Waals surface area contributed by atoms with Gasteiger partial charge < -0.3 is 0 Å². The third-order valence-electron chi connectivity index (χ3n) is 9.83. The predicted molar refractivity (Wildman–Crippen MR) is 201 cm³/mol. The highest BCUT2D eigenvalue weighted by atomic mass is 32.1. The fraction of sp³-hybridized carbons (Fsp3) is 0.143. The number of aryl methyl sites for hydroxylation is 2. The fourth-order valence-electron chi connectivity index (χ4n) is 7.92. The number of allylic oxidation sites excluding steroid dienone is 2. The Morgan fingerprint density at radius 2 is 0.889 bits per heavy atom. The molecule has 3 heteroatoms. The van der Waals surface area contributed by atoms with Gasteiger partial charge in [0.2, 0.25) is 0 Å². The van der Waals surface area contributed by atoms with Crippen molar-refractivity contribution in [3.8, 4) is 22.3 Å². The van der Waals surface area contributed by atoms with Gasteiger partial charge in [-0.25, -0.2) is 0 Å². The third-order valence-corrected chi connectivity index (χ3v) is 16.2. The standard InChI is InChI=1S/C42H36S2Si/c1-27-21-23-39(43-27)37-25-35-31(29-13-7-5-8-14-29)17-11-19-33(35)41(37)45(3,4)42-34-20-12-18-32(30-15-9-6-10-16-30)36(34)26-38(42)40-24-22-28(2)44-40/h5-26,41-42H,1-4H3. The molecule has 0 radical (unpaired) electrons. The van der Waals surface area contributed by atoms with Gasteiger partial charge in [0, 0.05) is 30.6 Å². The van der Waals surface area contributed by atoms with Crippen molar-refractivity contribution in [2.24, 2.45) is 0 Å². The van der Waals surface area contributed by atoms with Crippen molar-refractivity contribution in [2.45, 2.75) is 38.0 Å². The smallest absolute Gasteiger partial charge is 0.0732 e. The molecule has 45 heavy (non-hydrogen) atoms.